The lowest BCUT2D eigenvalue weighted by molar-refractivity contribution is -0.148. The minimum atomic E-state index is -0.989. The number of nitrogens with zero attached hydrogens (tertiary/aromatic N) is 1. The van der Waals surface area contributed by atoms with Crippen molar-refractivity contribution in [1.82, 2.24) is 4.90 Å². The van der Waals surface area contributed by atoms with Crippen molar-refractivity contribution in [2.24, 2.45) is 5.73 Å². The van der Waals surface area contributed by atoms with E-state index in [0.717, 1.165) is 38.8 Å². The van der Waals surface area contributed by atoms with Crippen molar-refractivity contribution in [3.8, 4) is 0 Å². The largest absolute Gasteiger partial charge is 0.516 e. The Labute approximate surface area is 329 Å². The van der Waals surface area contributed by atoms with Crippen LogP contribution in [0.5, 0.6) is 0 Å². The lowest BCUT2D eigenvalue weighted by Crippen LogP contribution is -2.45. The number of amides is 1. The number of ether oxygens (including phenoxy) is 2. The zero-order chi connectivity index (χ0) is 39.3. The van der Waals surface area contributed by atoms with Crippen LogP contribution in [0.15, 0.2) is 0 Å². The zero-order valence-electron chi connectivity index (χ0n) is 36.1. The molecular formula is C46H90N2O5. The van der Waals surface area contributed by atoms with E-state index >= 15 is 0 Å². The van der Waals surface area contributed by atoms with Crippen molar-refractivity contribution in [2.45, 2.75) is 265 Å². The quantitative estimate of drug-likeness (QED) is 0.0381. The first-order valence-corrected chi connectivity index (χ1v) is 23.1. The molecule has 0 unspecified atom stereocenters. The second-order valence-corrected chi connectivity index (χ2v) is 17.0. The third-order valence-corrected chi connectivity index (χ3v) is 10.5. The van der Waals surface area contributed by atoms with Crippen LogP contribution >= 0.6 is 0 Å². The number of hydrogen-bond donors (Lipinski definition) is 1. The van der Waals surface area contributed by atoms with Crippen molar-refractivity contribution in [3.63, 3.8) is 0 Å². The average molecular weight is 751 g/mol. The molecule has 0 aromatic heterocycles. The Morgan fingerprint density at radius 2 is 0.774 bits per heavy atom. The molecular weight excluding hydrogens is 661 g/mol. The summed E-state index contributed by atoms with van der Waals surface area (Å²) >= 11 is 0. The molecule has 0 saturated heterocycles. The molecule has 0 heterocycles. The SMILES string of the molecule is CCCCCCCCCCCCCCCCCCN(CCCCCCCCCCCCCCCCCC)[C@@H](CCC(N)=O)C(=O)OC(=O)OC(C)(C)C. The lowest BCUT2D eigenvalue weighted by atomic mass is 10.0. The molecule has 7 nitrogen and oxygen atoms in total. The molecule has 1 atom stereocenters. The molecule has 7 heteroatoms. The summed E-state index contributed by atoms with van der Waals surface area (Å²) in [5.41, 5.74) is 4.74. The predicted octanol–water partition coefficient (Wildman–Crippen LogP) is 13.9. The van der Waals surface area contributed by atoms with Crippen LogP contribution < -0.4 is 5.73 Å². The van der Waals surface area contributed by atoms with E-state index in [-0.39, 0.29) is 12.8 Å². The van der Waals surface area contributed by atoms with Gasteiger partial charge in [-0.2, -0.15) is 0 Å². The number of rotatable bonds is 39. The van der Waals surface area contributed by atoms with Crippen LogP contribution in [0.2, 0.25) is 0 Å². The van der Waals surface area contributed by atoms with Gasteiger partial charge < -0.3 is 15.2 Å². The fourth-order valence-corrected chi connectivity index (χ4v) is 7.30. The van der Waals surface area contributed by atoms with Crippen molar-refractivity contribution >= 4 is 18.0 Å². The van der Waals surface area contributed by atoms with Crippen molar-refractivity contribution in [2.75, 3.05) is 13.1 Å². The zero-order valence-corrected chi connectivity index (χ0v) is 36.1. The minimum Gasteiger partial charge on any atom is -0.428 e. The van der Waals surface area contributed by atoms with E-state index < -0.39 is 29.7 Å². The van der Waals surface area contributed by atoms with Gasteiger partial charge in [0, 0.05) is 6.42 Å². The maximum absolute atomic E-state index is 13.3. The maximum Gasteiger partial charge on any atom is 0.516 e. The highest BCUT2D eigenvalue weighted by atomic mass is 16.7. The van der Waals surface area contributed by atoms with Crippen molar-refractivity contribution < 1.29 is 23.9 Å². The summed E-state index contributed by atoms with van der Waals surface area (Å²) in [6, 6.07) is -0.692. The predicted molar refractivity (Wildman–Crippen MR) is 225 cm³/mol. The molecule has 0 radical (unpaired) electrons. The van der Waals surface area contributed by atoms with Crippen LogP contribution in [0.1, 0.15) is 253 Å². The van der Waals surface area contributed by atoms with Gasteiger partial charge in [-0.1, -0.05) is 206 Å². The molecule has 1 amide bonds. The molecule has 0 saturated carbocycles. The molecule has 2 N–H and O–H groups in total. The van der Waals surface area contributed by atoms with Gasteiger partial charge >= 0.3 is 12.1 Å². The van der Waals surface area contributed by atoms with Crippen LogP contribution in [0.25, 0.3) is 0 Å². The summed E-state index contributed by atoms with van der Waals surface area (Å²) in [6.45, 7) is 11.3. The summed E-state index contributed by atoms with van der Waals surface area (Å²) in [5.74, 6) is -1.10. The summed E-state index contributed by atoms with van der Waals surface area (Å²) in [5, 5.41) is 0. The fourth-order valence-electron chi connectivity index (χ4n) is 7.30. The van der Waals surface area contributed by atoms with Crippen LogP contribution in [0.4, 0.5) is 4.79 Å². The van der Waals surface area contributed by atoms with E-state index in [1.165, 1.54) is 180 Å². The Bertz CT molecular complexity index is 806. The number of primary amides is 1. The van der Waals surface area contributed by atoms with E-state index in [2.05, 4.69) is 18.7 Å². The number of unbranched alkanes of at least 4 members (excludes halogenated alkanes) is 30. The number of carbonyl (C=O) groups is 3. The van der Waals surface area contributed by atoms with E-state index in [1.807, 2.05) is 0 Å². The molecule has 0 aromatic carbocycles. The number of nitrogens with two attached hydrogens (primary N) is 1. The van der Waals surface area contributed by atoms with Crippen LogP contribution in [-0.2, 0) is 19.1 Å². The van der Waals surface area contributed by atoms with Crippen LogP contribution in [-0.4, -0.2) is 47.7 Å². The Kier molecular flexibility index (Phi) is 36.2. The van der Waals surface area contributed by atoms with Gasteiger partial charge in [0.1, 0.15) is 11.6 Å². The minimum absolute atomic E-state index is 0.0719. The van der Waals surface area contributed by atoms with Crippen LogP contribution in [0.3, 0.4) is 0 Å². The topological polar surface area (TPSA) is 98.9 Å². The maximum atomic E-state index is 13.3. The van der Waals surface area contributed by atoms with E-state index in [1.54, 1.807) is 20.8 Å². The third kappa shape index (κ3) is 37.1. The second kappa shape index (κ2) is 37.3. The van der Waals surface area contributed by atoms with Gasteiger partial charge in [0.05, 0.1) is 0 Å². The van der Waals surface area contributed by atoms with Gasteiger partial charge in [-0.25, -0.2) is 9.59 Å². The molecule has 0 rings (SSSR count). The Morgan fingerprint density at radius 3 is 1.04 bits per heavy atom. The second-order valence-electron chi connectivity index (χ2n) is 17.0. The smallest absolute Gasteiger partial charge is 0.428 e. The lowest BCUT2D eigenvalue weighted by Gasteiger charge is -2.30. The summed E-state index contributed by atoms with van der Waals surface area (Å²) < 4.78 is 10.4. The van der Waals surface area contributed by atoms with Gasteiger partial charge in [0.2, 0.25) is 5.91 Å². The molecule has 0 aliphatic heterocycles. The summed E-state index contributed by atoms with van der Waals surface area (Å²) in [4.78, 5) is 39.6. The highest BCUT2D eigenvalue weighted by Crippen LogP contribution is 2.19. The van der Waals surface area contributed by atoms with Gasteiger partial charge in [0.25, 0.3) is 0 Å². The normalized spacial score (nSPS) is 12.3. The Balaban J connectivity index is 4.61. The molecule has 0 aliphatic rings. The van der Waals surface area contributed by atoms with Gasteiger partial charge in [-0.05, 0) is 53.1 Å². The highest BCUT2D eigenvalue weighted by Gasteiger charge is 2.31. The van der Waals surface area contributed by atoms with Crippen LogP contribution in [0, 0.1) is 0 Å². The highest BCUT2D eigenvalue weighted by molar-refractivity contribution is 5.86. The number of hydrogen-bond acceptors (Lipinski definition) is 6. The molecule has 53 heavy (non-hydrogen) atoms. The molecule has 0 bridgehead atoms. The van der Waals surface area contributed by atoms with Gasteiger partial charge in [0.15, 0.2) is 0 Å². The van der Waals surface area contributed by atoms with Gasteiger partial charge in [-0.3, -0.25) is 9.69 Å². The molecule has 314 valence electrons. The van der Waals surface area contributed by atoms with E-state index in [0.29, 0.717) is 0 Å². The molecule has 0 fully saturated rings. The fraction of sp³-hybridized carbons (Fsp3) is 0.935. The molecule has 0 spiro atoms. The standard InChI is InChI=1S/C46H90N2O5/c1-6-8-10-12-14-16-18-20-22-24-26-28-30-32-34-36-40-48(42(38-39-43(47)49)44(50)52-45(51)53-46(3,4)5)41-37-35-33-31-29-27-25-23-21-19-17-15-13-11-9-7-2/h42H,6-41H2,1-5H3,(H2,47,49)/t42-/m0/s1. The average Bonchev–Trinajstić information content (AvgIpc) is 3.09. The molecule has 0 aliphatic carbocycles. The Morgan fingerprint density at radius 1 is 0.491 bits per heavy atom. The number of esters is 1. The van der Waals surface area contributed by atoms with Gasteiger partial charge in [-0.15, -0.1) is 0 Å². The third-order valence-electron chi connectivity index (χ3n) is 10.5. The van der Waals surface area contributed by atoms with Crippen molar-refractivity contribution in [1.29, 1.82) is 0 Å². The Hall–Kier alpha value is -1.63. The van der Waals surface area contributed by atoms with Crippen molar-refractivity contribution in [3.05, 3.63) is 0 Å². The monoisotopic (exact) mass is 751 g/mol. The summed E-state index contributed by atoms with van der Waals surface area (Å²) in [6.07, 6.45) is 41.3. The first kappa shape index (κ1) is 51.4. The molecule has 0 aromatic rings. The van der Waals surface area contributed by atoms with E-state index in [4.69, 9.17) is 15.2 Å². The number of carbonyl (C=O) groups excluding carboxylic acids is 3. The first-order valence-electron chi connectivity index (χ1n) is 23.1. The first-order chi connectivity index (χ1) is 25.6. The summed E-state index contributed by atoms with van der Waals surface area (Å²) in [7, 11) is 0. The van der Waals surface area contributed by atoms with E-state index in [9.17, 15) is 14.4 Å².